The van der Waals surface area contributed by atoms with Crippen molar-refractivity contribution in [2.24, 2.45) is 0 Å². The smallest absolute Gasteiger partial charge is 0.410 e. The van der Waals surface area contributed by atoms with Crippen molar-refractivity contribution in [1.29, 1.82) is 0 Å². The van der Waals surface area contributed by atoms with Crippen molar-refractivity contribution in [1.82, 2.24) is 10.3 Å². The molecule has 1 aliphatic rings. The zero-order valence-electron chi connectivity index (χ0n) is 17.5. The molecule has 7 heteroatoms. The van der Waals surface area contributed by atoms with Gasteiger partial charge in [0.05, 0.1) is 24.0 Å². The van der Waals surface area contributed by atoms with Gasteiger partial charge in [0.1, 0.15) is 12.6 Å². The molecule has 164 valence electrons. The van der Waals surface area contributed by atoms with Crippen molar-refractivity contribution in [3.8, 4) is 0 Å². The van der Waals surface area contributed by atoms with Gasteiger partial charge in [0.15, 0.2) is 0 Å². The Morgan fingerprint density at radius 2 is 1.44 bits per heavy atom. The molecule has 2 N–H and O–H groups in total. The quantitative estimate of drug-likeness (QED) is 0.583. The van der Waals surface area contributed by atoms with Crippen LogP contribution in [-0.4, -0.2) is 40.7 Å². The van der Waals surface area contributed by atoms with E-state index in [0.717, 1.165) is 16.9 Å². The number of hydrogen-bond donors (Lipinski definition) is 2. The van der Waals surface area contributed by atoms with E-state index in [4.69, 9.17) is 4.74 Å². The van der Waals surface area contributed by atoms with E-state index in [-0.39, 0.29) is 19.6 Å². The Morgan fingerprint density at radius 1 is 0.906 bits per heavy atom. The van der Waals surface area contributed by atoms with E-state index < -0.39 is 24.1 Å². The van der Waals surface area contributed by atoms with E-state index in [1.54, 1.807) is 5.01 Å². The van der Waals surface area contributed by atoms with Crippen LogP contribution in [0.3, 0.4) is 0 Å². The van der Waals surface area contributed by atoms with Crippen LogP contribution in [0.5, 0.6) is 0 Å². The standard InChI is InChI=1S/C25H25N3O4/c29-22-16-23(27(17-22)25(31)32-18-19-10-4-1-5-11-19)24(30)26-28(20-12-6-2-7-13-20)21-14-8-3-9-15-21/h1-15,22-23,29H,16-18H2,(H,26,30)/t22-,23-/m0/s1. The summed E-state index contributed by atoms with van der Waals surface area (Å²) in [5.74, 6) is -0.397. The van der Waals surface area contributed by atoms with Crippen LogP contribution < -0.4 is 10.4 Å². The molecule has 1 saturated heterocycles. The molecule has 0 unspecified atom stereocenters. The zero-order chi connectivity index (χ0) is 22.3. The summed E-state index contributed by atoms with van der Waals surface area (Å²) in [5.41, 5.74) is 5.29. The number of para-hydroxylation sites is 2. The molecule has 2 atom stereocenters. The second-order valence-electron chi connectivity index (χ2n) is 7.58. The van der Waals surface area contributed by atoms with E-state index in [9.17, 15) is 14.7 Å². The number of nitrogens with zero attached hydrogens (tertiary/aromatic N) is 2. The fourth-order valence-electron chi connectivity index (χ4n) is 3.68. The number of carbonyl (C=O) groups excluding carboxylic acids is 2. The van der Waals surface area contributed by atoms with E-state index in [0.29, 0.717) is 0 Å². The number of hydrogen-bond acceptors (Lipinski definition) is 5. The minimum absolute atomic E-state index is 0.0440. The van der Waals surface area contributed by atoms with Gasteiger partial charge < -0.3 is 9.84 Å². The third-order valence-electron chi connectivity index (χ3n) is 5.27. The highest BCUT2D eigenvalue weighted by Gasteiger charge is 2.40. The van der Waals surface area contributed by atoms with Gasteiger partial charge in [-0.25, -0.2) is 4.79 Å². The number of carbonyl (C=O) groups is 2. The predicted molar refractivity (Wildman–Crippen MR) is 121 cm³/mol. The molecule has 0 spiro atoms. The number of nitrogens with one attached hydrogen (secondary N) is 1. The average molecular weight is 431 g/mol. The first kappa shape index (κ1) is 21.4. The summed E-state index contributed by atoms with van der Waals surface area (Å²) < 4.78 is 5.40. The average Bonchev–Trinajstić information content (AvgIpc) is 3.24. The van der Waals surface area contributed by atoms with Crippen LogP contribution in [0, 0.1) is 0 Å². The fourth-order valence-corrected chi connectivity index (χ4v) is 3.68. The van der Waals surface area contributed by atoms with Crippen molar-refractivity contribution in [3.63, 3.8) is 0 Å². The molecular formula is C25H25N3O4. The molecule has 2 amide bonds. The van der Waals surface area contributed by atoms with Crippen LogP contribution in [0.1, 0.15) is 12.0 Å². The molecular weight excluding hydrogens is 406 g/mol. The molecule has 3 aromatic carbocycles. The van der Waals surface area contributed by atoms with Crippen molar-refractivity contribution in [3.05, 3.63) is 96.6 Å². The normalized spacial score (nSPS) is 17.6. The van der Waals surface area contributed by atoms with Gasteiger partial charge in [0, 0.05) is 6.42 Å². The summed E-state index contributed by atoms with van der Waals surface area (Å²) in [7, 11) is 0. The third-order valence-corrected chi connectivity index (χ3v) is 5.27. The SMILES string of the molecule is O=C(NN(c1ccccc1)c1ccccc1)[C@@H]1C[C@H](O)CN1C(=O)OCc1ccccc1. The van der Waals surface area contributed by atoms with Gasteiger partial charge in [-0.15, -0.1) is 0 Å². The molecule has 7 nitrogen and oxygen atoms in total. The highest BCUT2D eigenvalue weighted by atomic mass is 16.6. The summed E-state index contributed by atoms with van der Waals surface area (Å²) >= 11 is 0. The lowest BCUT2D eigenvalue weighted by Gasteiger charge is -2.29. The number of β-amino-alcohol motifs (C(OH)–C–C–N with tert-alkyl or cyclic N) is 1. The maximum atomic E-state index is 13.2. The van der Waals surface area contributed by atoms with E-state index >= 15 is 0 Å². The van der Waals surface area contributed by atoms with Crippen LogP contribution in [0.15, 0.2) is 91.0 Å². The number of benzene rings is 3. The Bertz CT molecular complexity index is 991. The van der Waals surface area contributed by atoms with Gasteiger partial charge in [-0.05, 0) is 29.8 Å². The molecule has 3 aromatic rings. The molecule has 32 heavy (non-hydrogen) atoms. The van der Waals surface area contributed by atoms with Crippen LogP contribution in [-0.2, 0) is 16.1 Å². The lowest BCUT2D eigenvalue weighted by Crippen LogP contribution is -2.50. The van der Waals surface area contributed by atoms with Crippen molar-refractivity contribution in [2.75, 3.05) is 11.6 Å². The molecule has 1 heterocycles. The Kier molecular flexibility index (Phi) is 6.67. The maximum Gasteiger partial charge on any atom is 0.410 e. The zero-order valence-corrected chi connectivity index (χ0v) is 17.5. The number of hydrazine groups is 1. The van der Waals surface area contributed by atoms with Crippen LogP contribution >= 0.6 is 0 Å². The first-order chi connectivity index (χ1) is 15.6. The topological polar surface area (TPSA) is 82.1 Å². The van der Waals surface area contributed by atoms with Crippen LogP contribution in [0.2, 0.25) is 0 Å². The lowest BCUT2D eigenvalue weighted by molar-refractivity contribution is -0.125. The first-order valence-corrected chi connectivity index (χ1v) is 10.5. The molecule has 0 saturated carbocycles. The van der Waals surface area contributed by atoms with Gasteiger partial charge in [-0.2, -0.15) is 0 Å². The second kappa shape index (κ2) is 9.98. The monoisotopic (exact) mass is 431 g/mol. The summed E-state index contributed by atoms with van der Waals surface area (Å²) in [6, 6.07) is 27.3. The lowest BCUT2D eigenvalue weighted by atomic mass is 10.2. The summed E-state index contributed by atoms with van der Waals surface area (Å²) in [6.07, 6.45) is -1.28. The molecule has 4 rings (SSSR count). The molecule has 1 aliphatic heterocycles. The summed E-state index contributed by atoms with van der Waals surface area (Å²) in [6.45, 7) is 0.142. The highest BCUT2D eigenvalue weighted by molar-refractivity contribution is 5.88. The Balaban J connectivity index is 1.49. The number of amides is 2. The molecule has 0 aliphatic carbocycles. The van der Waals surface area contributed by atoms with E-state index in [1.807, 2.05) is 91.0 Å². The number of aliphatic hydroxyl groups excluding tert-OH is 1. The first-order valence-electron chi connectivity index (χ1n) is 10.5. The van der Waals surface area contributed by atoms with Crippen LogP contribution in [0.25, 0.3) is 0 Å². The van der Waals surface area contributed by atoms with Gasteiger partial charge in [0.25, 0.3) is 5.91 Å². The summed E-state index contributed by atoms with van der Waals surface area (Å²) in [5, 5.41) is 11.8. The highest BCUT2D eigenvalue weighted by Crippen LogP contribution is 2.25. The number of likely N-dealkylation sites (tertiary alicyclic amines) is 1. The second-order valence-corrected chi connectivity index (χ2v) is 7.58. The molecule has 0 bridgehead atoms. The van der Waals surface area contributed by atoms with E-state index in [1.165, 1.54) is 4.90 Å². The van der Waals surface area contributed by atoms with Gasteiger partial charge >= 0.3 is 6.09 Å². The van der Waals surface area contributed by atoms with Gasteiger partial charge in [-0.1, -0.05) is 66.7 Å². The predicted octanol–water partition coefficient (Wildman–Crippen LogP) is 3.63. The Morgan fingerprint density at radius 3 is 2.00 bits per heavy atom. The van der Waals surface area contributed by atoms with E-state index in [2.05, 4.69) is 5.43 Å². The van der Waals surface area contributed by atoms with Gasteiger partial charge in [-0.3, -0.25) is 20.1 Å². The minimum atomic E-state index is -0.844. The van der Waals surface area contributed by atoms with Crippen molar-refractivity contribution in [2.45, 2.75) is 25.2 Å². The molecule has 0 aromatic heterocycles. The number of rotatable bonds is 6. The number of aliphatic hydroxyl groups is 1. The van der Waals surface area contributed by atoms with Crippen molar-refractivity contribution >= 4 is 23.4 Å². The van der Waals surface area contributed by atoms with Crippen LogP contribution in [0.4, 0.5) is 16.2 Å². The maximum absolute atomic E-state index is 13.2. The Labute approximate surface area is 186 Å². The minimum Gasteiger partial charge on any atom is -0.445 e. The number of anilines is 2. The molecule has 0 radical (unpaired) electrons. The third kappa shape index (κ3) is 5.07. The Hall–Kier alpha value is -3.84. The largest absolute Gasteiger partial charge is 0.445 e. The van der Waals surface area contributed by atoms with Crippen molar-refractivity contribution < 1.29 is 19.4 Å². The molecule has 1 fully saturated rings. The fraction of sp³-hybridized carbons (Fsp3) is 0.200. The summed E-state index contributed by atoms with van der Waals surface area (Å²) in [4.78, 5) is 27.2. The number of ether oxygens (including phenoxy) is 1. The van der Waals surface area contributed by atoms with Gasteiger partial charge in [0.2, 0.25) is 0 Å².